The SMILES string of the molecule is CN(C)C(=NCc1ccccc1)NCC(O)COCC1CC1. The molecule has 22 heavy (non-hydrogen) atoms. The molecule has 2 rings (SSSR count). The highest BCUT2D eigenvalue weighted by atomic mass is 16.5. The van der Waals surface area contributed by atoms with E-state index in [0.29, 0.717) is 19.7 Å². The summed E-state index contributed by atoms with van der Waals surface area (Å²) in [7, 11) is 3.87. The van der Waals surface area contributed by atoms with Crippen molar-refractivity contribution in [1.82, 2.24) is 10.2 Å². The number of rotatable bonds is 8. The highest BCUT2D eigenvalue weighted by molar-refractivity contribution is 5.79. The normalized spacial score (nSPS) is 16.4. The number of hydrogen-bond donors (Lipinski definition) is 2. The van der Waals surface area contributed by atoms with Crippen molar-refractivity contribution in [2.24, 2.45) is 10.9 Å². The fraction of sp³-hybridized carbons (Fsp3) is 0.588. The summed E-state index contributed by atoms with van der Waals surface area (Å²) < 4.78 is 5.50. The second kappa shape index (κ2) is 8.76. The number of benzene rings is 1. The van der Waals surface area contributed by atoms with Crippen LogP contribution in [0.2, 0.25) is 0 Å². The minimum Gasteiger partial charge on any atom is -0.389 e. The first kappa shape index (κ1) is 16.8. The Hall–Kier alpha value is -1.59. The first-order chi connectivity index (χ1) is 10.6. The predicted molar refractivity (Wildman–Crippen MR) is 88.8 cm³/mol. The number of aliphatic hydroxyl groups is 1. The summed E-state index contributed by atoms with van der Waals surface area (Å²) in [5.74, 6) is 1.50. The number of ether oxygens (including phenoxy) is 1. The van der Waals surface area contributed by atoms with E-state index in [-0.39, 0.29) is 0 Å². The standard InChI is InChI=1S/C17H27N3O2/c1-20(2)17(18-10-14-6-4-3-5-7-14)19-11-16(21)13-22-12-15-8-9-15/h3-7,15-16,21H,8-13H2,1-2H3,(H,18,19). The van der Waals surface area contributed by atoms with Crippen molar-refractivity contribution in [3.8, 4) is 0 Å². The fourth-order valence-electron chi connectivity index (χ4n) is 2.03. The molecule has 0 amide bonds. The Labute approximate surface area is 133 Å². The summed E-state index contributed by atoms with van der Waals surface area (Å²) >= 11 is 0. The molecule has 0 bridgehead atoms. The maximum absolute atomic E-state index is 9.94. The van der Waals surface area contributed by atoms with E-state index in [1.54, 1.807) is 0 Å². The number of nitrogens with one attached hydrogen (secondary N) is 1. The van der Waals surface area contributed by atoms with Gasteiger partial charge in [-0.15, -0.1) is 0 Å². The zero-order chi connectivity index (χ0) is 15.8. The van der Waals surface area contributed by atoms with Crippen LogP contribution in [0, 0.1) is 5.92 Å². The van der Waals surface area contributed by atoms with Gasteiger partial charge in [0, 0.05) is 27.2 Å². The van der Waals surface area contributed by atoms with Gasteiger partial charge in [-0.25, -0.2) is 4.99 Å². The monoisotopic (exact) mass is 305 g/mol. The summed E-state index contributed by atoms with van der Waals surface area (Å²) in [5.41, 5.74) is 1.16. The average Bonchev–Trinajstić information content (AvgIpc) is 3.32. The summed E-state index contributed by atoms with van der Waals surface area (Å²) in [4.78, 5) is 6.48. The van der Waals surface area contributed by atoms with Gasteiger partial charge in [0.05, 0.1) is 19.3 Å². The highest BCUT2D eigenvalue weighted by Crippen LogP contribution is 2.28. The minimum absolute atomic E-state index is 0.378. The van der Waals surface area contributed by atoms with Crippen LogP contribution < -0.4 is 5.32 Å². The number of aliphatic hydroxyl groups excluding tert-OH is 1. The third-order valence-corrected chi connectivity index (χ3v) is 3.53. The van der Waals surface area contributed by atoms with E-state index in [9.17, 15) is 5.11 Å². The van der Waals surface area contributed by atoms with Gasteiger partial charge in [-0.3, -0.25) is 0 Å². The maximum atomic E-state index is 9.94. The van der Waals surface area contributed by atoms with Crippen molar-refractivity contribution in [2.45, 2.75) is 25.5 Å². The molecule has 0 heterocycles. The quantitative estimate of drug-likeness (QED) is 0.564. The molecule has 5 nitrogen and oxygen atoms in total. The van der Waals surface area contributed by atoms with Crippen LogP contribution in [-0.4, -0.2) is 55.9 Å². The highest BCUT2D eigenvalue weighted by Gasteiger charge is 2.21. The number of guanidine groups is 1. The van der Waals surface area contributed by atoms with Crippen molar-refractivity contribution in [3.63, 3.8) is 0 Å². The lowest BCUT2D eigenvalue weighted by Gasteiger charge is -2.20. The molecule has 0 saturated heterocycles. The topological polar surface area (TPSA) is 57.1 Å². The largest absolute Gasteiger partial charge is 0.389 e. The Morgan fingerprint density at radius 2 is 2.09 bits per heavy atom. The van der Waals surface area contributed by atoms with Crippen molar-refractivity contribution in [2.75, 3.05) is 33.9 Å². The Morgan fingerprint density at radius 1 is 1.36 bits per heavy atom. The molecule has 1 fully saturated rings. The van der Waals surface area contributed by atoms with E-state index in [1.807, 2.05) is 37.2 Å². The van der Waals surface area contributed by atoms with Crippen molar-refractivity contribution < 1.29 is 9.84 Å². The van der Waals surface area contributed by atoms with Gasteiger partial charge in [0.15, 0.2) is 5.96 Å². The zero-order valence-corrected chi connectivity index (χ0v) is 13.5. The van der Waals surface area contributed by atoms with E-state index >= 15 is 0 Å². The lowest BCUT2D eigenvalue weighted by atomic mass is 10.2. The Morgan fingerprint density at radius 3 is 2.73 bits per heavy atom. The Balaban J connectivity index is 1.72. The van der Waals surface area contributed by atoms with Gasteiger partial charge in [-0.2, -0.15) is 0 Å². The van der Waals surface area contributed by atoms with Gasteiger partial charge in [0.25, 0.3) is 0 Å². The van der Waals surface area contributed by atoms with Gasteiger partial charge in [0.2, 0.25) is 0 Å². The Bertz CT molecular complexity index is 458. The molecule has 0 aliphatic heterocycles. The zero-order valence-electron chi connectivity index (χ0n) is 13.5. The molecule has 0 spiro atoms. The summed E-state index contributed by atoms with van der Waals surface area (Å²) in [5, 5.41) is 13.1. The number of aliphatic imine (C=N–C) groups is 1. The maximum Gasteiger partial charge on any atom is 0.193 e. The molecule has 122 valence electrons. The van der Waals surface area contributed by atoms with Crippen LogP contribution in [0.4, 0.5) is 0 Å². The minimum atomic E-state index is -0.513. The van der Waals surface area contributed by atoms with Crippen LogP contribution in [-0.2, 0) is 11.3 Å². The predicted octanol–water partition coefficient (Wildman–Crippen LogP) is 1.48. The summed E-state index contributed by atoms with van der Waals surface area (Å²) in [6.45, 7) is 2.22. The smallest absolute Gasteiger partial charge is 0.193 e. The number of nitrogens with zero attached hydrogens (tertiary/aromatic N) is 2. The molecular formula is C17H27N3O2. The first-order valence-corrected chi connectivity index (χ1v) is 7.90. The van der Waals surface area contributed by atoms with E-state index in [0.717, 1.165) is 24.0 Å². The van der Waals surface area contributed by atoms with E-state index < -0.39 is 6.10 Å². The second-order valence-corrected chi connectivity index (χ2v) is 6.04. The lowest BCUT2D eigenvalue weighted by Crippen LogP contribution is -2.41. The molecule has 1 atom stereocenters. The summed E-state index contributed by atoms with van der Waals surface area (Å²) in [6, 6.07) is 10.1. The van der Waals surface area contributed by atoms with Crippen LogP contribution in [0.15, 0.2) is 35.3 Å². The number of hydrogen-bond acceptors (Lipinski definition) is 3. The molecule has 1 saturated carbocycles. The molecule has 0 radical (unpaired) electrons. The third kappa shape index (κ3) is 6.45. The van der Waals surface area contributed by atoms with Gasteiger partial charge in [-0.05, 0) is 24.3 Å². The molecule has 2 N–H and O–H groups in total. The van der Waals surface area contributed by atoms with Crippen LogP contribution in [0.5, 0.6) is 0 Å². The van der Waals surface area contributed by atoms with Crippen molar-refractivity contribution in [3.05, 3.63) is 35.9 Å². The van der Waals surface area contributed by atoms with Crippen molar-refractivity contribution in [1.29, 1.82) is 0 Å². The molecule has 0 aromatic heterocycles. The molecule has 1 unspecified atom stereocenters. The second-order valence-electron chi connectivity index (χ2n) is 6.04. The van der Waals surface area contributed by atoms with Gasteiger partial charge in [0.1, 0.15) is 0 Å². The molecule has 1 aliphatic rings. The fourth-order valence-corrected chi connectivity index (χ4v) is 2.03. The Kier molecular flexibility index (Phi) is 6.68. The molecule has 1 aromatic carbocycles. The molecule has 5 heteroatoms. The van der Waals surface area contributed by atoms with Gasteiger partial charge < -0.3 is 20.1 Å². The van der Waals surface area contributed by atoms with Gasteiger partial charge in [-0.1, -0.05) is 30.3 Å². The van der Waals surface area contributed by atoms with Crippen LogP contribution in [0.25, 0.3) is 0 Å². The molecule has 1 aromatic rings. The van der Waals surface area contributed by atoms with Crippen LogP contribution in [0.3, 0.4) is 0 Å². The van der Waals surface area contributed by atoms with Crippen molar-refractivity contribution >= 4 is 5.96 Å². The molecule has 1 aliphatic carbocycles. The van der Waals surface area contributed by atoms with Crippen LogP contribution in [0.1, 0.15) is 18.4 Å². The molecular weight excluding hydrogens is 278 g/mol. The first-order valence-electron chi connectivity index (χ1n) is 7.90. The summed E-state index contributed by atoms with van der Waals surface area (Å²) in [6.07, 6.45) is 2.02. The lowest BCUT2D eigenvalue weighted by molar-refractivity contribution is 0.0343. The van der Waals surface area contributed by atoms with Crippen LogP contribution >= 0.6 is 0 Å². The van der Waals surface area contributed by atoms with E-state index in [4.69, 9.17) is 4.74 Å². The van der Waals surface area contributed by atoms with E-state index in [1.165, 1.54) is 12.8 Å². The average molecular weight is 305 g/mol. The third-order valence-electron chi connectivity index (χ3n) is 3.53. The van der Waals surface area contributed by atoms with E-state index in [2.05, 4.69) is 22.4 Å². The van der Waals surface area contributed by atoms with Gasteiger partial charge >= 0.3 is 0 Å².